The summed E-state index contributed by atoms with van der Waals surface area (Å²) in [5, 5.41) is 7.80. The van der Waals surface area contributed by atoms with Gasteiger partial charge in [-0.25, -0.2) is 4.98 Å². The van der Waals surface area contributed by atoms with Crippen LogP contribution >= 0.6 is 0 Å². The third kappa shape index (κ3) is 4.31. The van der Waals surface area contributed by atoms with Crippen molar-refractivity contribution in [3.05, 3.63) is 90.8 Å². The SMILES string of the molecule is O=C(c1ccc(Nc2cccnc2)cc1)N(c1ccc2ccccc2n1)[C@@H]1CCCNC1. The third-order valence-corrected chi connectivity index (χ3v) is 5.77. The summed E-state index contributed by atoms with van der Waals surface area (Å²) in [4.78, 5) is 24.5. The van der Waals surface area contributed by atoms with Crippen molar-refractivity contribution in [3.63, 3.8) is 0 Å². The highest BCUT2D eigenvalue weighted by Gasteiger charge is 2.28. The largest absolute Gasteiger partial charge is 0.354 e. The second kappa shape index (κ2) is 9.16. The van der Waals surface area contributed by atoms with Crippen LogP contribution in [-0.4, -0.2) is 35.0 Å². The van der Waals surface area contributed by atoms with E-state index in [0.29, 0.717) is 11.4 Å². The number of rotatable bonds is 5. The molecule has 1 aliphatic heterocycles. The first-order chi connectivity index (χ1) is 15.8. The molecule has 2 aromatic heterocycles. The molecule has 2 N–H and O–H groups in total. The van der Waals surface area contributed by atoms with Crippen molar-refractivity contribution in [1.82, 2.24) is 15.3 Å². The summed E-state index contributed by atoms with van der Waals surface area (Å²) >= 11 is 0. The monoisotopic (exact) mass is 423 g/mol. The maximum absolute atomic E-state index is 13.7. The predicted octanol–water partition coefficient (Wildman–Crippen LogP) is 4.77. The Balaban J connectivity index is 1.44. The Labute approximate surface area is 187 Å². The molecular weight excluding hydrogens is 398 g/mol. The normalized spacial score (nSPS) is 15.9. The van der Waals surface area contributed by atoms with E-state index in [1.165, 1.54) is 0 Å². The number of amides is 1. The molecule has 6 nitrogen and oxygen atoms in total. The average Bonchev–Trinajstić information content (AvgIpc) is 2.86. The van der Waals surface area contributed by atoms with Gasteiger partial charge in [0.25, 0.3) is 5.91 Å². The third-order valence-electron chi connectivity index (χ3n) is 5.77. The lowest BCUT2D eigenvalue weighted by Gasteiger charge is -2.34. The molecule has 1 saturated heterocycles. The molecule has 1 amide bonds. The molecule has 0 unspecified atom stereocenters. The molecule has 2 aromatic carbocycles. The number of hydrogen-bond acceptors (Lipinski definition) is 5. The number of nitrogens with one attached hydrogen (secondary N) is 2. The molecule has 1 atom stereocenters. The Morgan fingerprint density at radius 1 is 0.969 bits per heavy atom. The summed E-state index contributed by atoms with van der Waals surface area (Å²) < 4.78 is 0. The minimum Gasteiger partial charge on any atom is -0.354 e. The first-order valence-corrected chi connectivity index (χ1v) is 11.0. The van der Waals surface area contributed by atoms with E-state index < -0.39 is 0 Å². The number of carbonyl (C=O) groups excluding carboxylic acids is 1. The zero-order chi connectivity index (χ0) is 21.8. The molecule has 0 bridgehead atoms. The van der Waals surface area contributed by atoms with Crippen molar-refractivity contribution in [2.45, 2.75) is 18.9 Å². The van der Waals surface area contributed by atoms with Crippen LogP contribution in [0.4, 0.5) is 17.2 Å². The number of piperidine rings is 1. The van der Waals surface area contributed by atoms with E-state index in [-0.39, 0.29) is 11.9 Å². The Bertz CT molecular complexity index is 1200. The predicted molar refractivity (Wildman–Crippen MR) is 128 cm³/mol. The second-order valence-electron chi connectivity index (χ2n) is 7.98. The van der Waals surface area contributed by atoms with E-state index in [2.05, 4.69) is 15.6 Å². The average molecular weight is 424 g/mol. The first kappa shape index (κ1) is 20.2. The highest BCUT2D eigenvalue weighted by Crippen LogP contribution is 2.25. The number of pyridine rings is 2. The molecule has 0 aliphatic carbocycles. The van der Waals surface area contributed by atoms with Crippen LogP contribution in [0.3, 0.4) is 0 Å². The van der Waals surface area contributed by atoms with Crippen LogP contribution in [-0.2, 0) is 0 Å². The van der Waals surface area contributed by atoms with Gasteiger partial charge in [0, 0.05) is 29.4 Å². The Morgan fingerprint density at radius 3 is 2.62 bits per heavy atom. The molecule has 0 spiro atoms. The van der Waals surface area contributed by atoms with Crippen LogP contribution in [0.15, 0.2) is 85.2 Å². The number of aromatic nitrogens is 2. The van der Waals surface area contributed by atoms with Gasteiger partial charge in [0.15, 0.2) is 0 Å². The topological polar surface area (TPSA) is 70.2 Å². The lowest BCUT2D eigenvalue weighted by molar-refractivity contribution is 0.0971. The Hall–Kier alpha value is -3.77. The molecule has 0 radical (unpaired) electrons. The lowest BCUT2D eigenvalue weighted by atomic mass is 10.0. The molecular formula is C26H25N5O. The van der Waals surface area contributed by atoms with Crippen molar-refractivity contribution in [2.75, 3.05) is 23.3 Å². The van der Waals surface area contributed by atoms with Gasteiger partial charge in [-0.15, -0.1) is 0 Å². The summed E-state index contributed by atoms with van der Waals surface area (Å²) in [5.74, 6) is 0.661. The van der Waals surface area contributed by atoms with Crippen molar-refractivity contribution >= 4 is 34.0 Å². The second-order valence-corrected chi connectivity index (χ2v) is 7.98. The van der Waals surface area contributed by atoms with Gasteiger partial charge in [0.2, 0.25) is 0 Å². The molecule has 3 heterocycles. The van der Waals surface area contributed by atoms with Crippen molar-refractivity contribution < 1.29 is 4.79 Å². The zero-order valence-electron chi connectivity index (χ0n) is 17.7. The van der Waals surface area contributed by atoms with Crippen LogP contribution in [0.1, 0.15) is 23.2 Å². The van der Waals surface area contributed by atoms with Crippen molar-refractivity contribution in [1.29, 1.82) is 0 Å². The number of hydrogen-bond donors (Lipinski definition) is 2. The number of para-hydroxylation sites is 1. The molecule has 160 valence electrons. The number of fused-ring (bicyclic) bond motifs is 1. The van der Waals surface area contributed by atoms with E-state index in [0.717, 1.165) is 48.2 Å². The number of carbonyl (C=O) groups is 1. The van der Waals surface area contributed by atoms with Crippen LogP contribution in [0, 0.1) is 0 Å². The van der Waals surface area contributed by atoms with E-state index >= 15 is 0 Å². The quantitative estimate of drug-likeness (QED) is 0.484. The Morgan fingerprint density at radius 2 is 1.84 bits per heavy atom. The fourth-order valence-electron chi connectivity index (χ4n) is 4.14. The molecule has 0 saturated carbocycles. The standard InChI is InChI=1S/C26H25N5O/c32-26(20-9-12-21(13-10-20)29-22-6-3-15-27-17-22)31(23-7-4-16-28-18-23)25-14-11-19-5-1-2-8-24(19)30-25/h1-3,5-6,8-15,17,23,28-29H,4,7,16,18H2/t23-/m1/s1. The fourth-order valence-corrected chi connectivity index (χ4v) is 4.14. The molecule has 1 fully saturated rings. The van der Waals surface area contributed by atoms with Crippen LogP contribution in [0.2, 0.25) is 0 Å². The molecule has 4 aromatic rings. The highest BCUT2D eigenvalue weighted by atomic mass is 16.2. The molecule has 5 rings (SSSR count). The van der Waals surface area contributed by atoms with Gasteiger partial charge >= 0.3 is 0 Å². The molecule has 1 aliphatic rings. The van der Waals surface area contributed by atoms with E-state index in [9.17, 15) is 4.79 Å². The first-order valence-electron chi connectivity index (χ1n) is 11.0. The maximum Gasteiger partial charge on any atom is 0.259 e. The van der Waals surface area contributed by atoms with E-state index in [1.807, 2.05) is 77.7 Å². The minimum absolute atomic E-state index is 0.0330. The van der Waals surface area contributed by atoms with Gasteiger partial charge in [0.1, 0.15) is 5.82 Å². The summed E-state index contributed by atoms with van der Waals surface area (Å²) in [6.07, 6.45) is 5.49. The number of benzene rings is 2. The summed E-state index contributed by atoms with van der Waals surface area (Å²) in [6.45, 7) is 1.75. The van der Waals surface area contributed by atoms with Gasteiger partial charge in [-0.3, -0.25) is 14.7 Å². The van der Waals surface area contributed by atoms with Crippen LogP contribution in [0.25, 0.3) is 10.9 Å². The van der Waals surface area contributed by atoms with Crippen LogP contribution in [0.5, 0.6) is 0 Å². The Kier molecular flexibility index (Phi) is 5.77. The minimum atomic E-state index is -0.0330. The fraction of sp³-hybridized carbons (Fsp3) is 0.192. The smallest absolute Gasteiger partial charge is 0.259 e. The number of anilines is 3. The van der Waals surface area contributed by atoms with Gasteiger partial charge in [0.05, 0.1) is 23.4 Å². The van der Waals surface area contributed by atoms with Crippen molar-refractivity contribution in [3.8, 4) is 0 Å². The van der Waals surface area contributed by atoms with Gasteiger partial charge in [-0.2, -0.15) is 0 Å². The van der Waals surface area contributed by atoms with Crippen molar-refractivity contribution in [2.24, 2.45) is 0 Å². The highest BCUT2D eigenvalue weighted by molar-refractivity contribution is 6.06. The van der Waals surface area contributed by atoms with Gasteiger partial charge in [-0.1, -0.05) is 18.2 Å². The van der Waals surface area contributed by atoms with Crippen LogP contribution < -0.4 is 15.5 Å². The lowest BCUT2D eigenvalue weighted by Crippen LogP contribution is -2.49. The summed E-state index contributed by atoms with van der Waals surface area (Å²) in [6, 6.07) is 23.5. The molecule has 32 heavy (non-hydrogen) atoms. The van der Waals surface area contributed by atoms with E-state index in [4.69, 9.17) is 4.98 Å². The number of nitrogens with zero attached hydrogens (tertiary/aromatic N) is 3. The maximum atomic E-state index is 13.7. The van der Waals surface area contributed by atoms with Gasteiger partial charge < -0.3 is 10.6 Å². The molecule has 6 heteroatoms. The van der Waals surface area contributed by atoms with E-state index in [1.54, 1.807) is 12.4 Å². The summed E-state index contributed by atoms with van der Waals surface area (Å²) in [5.41, 5.74) is 3.34. The van der Waals surface area contributed by atoms with Gasteiger partial charge in [-0.05, 0) is 74.0 Å². The zero-order valence-corrected chi connectivity index (χ0v) is 17.7. The summed E-state index contributed by atoms with van der Waals surface area (Å²) in [7, 11) is 0.